The summed E-state index contributed by atoms with van der Waals surface area (Å²) in [5.74, 6) is -1.15. The van der Waals surface area contributed by atoms with Gasteiger partial charge in [0.05, 0.1) is 12.0 Å². The van der Waals surface area contributed by atoms with E-state index in [4.69, 9.17) is 4.74 Å². The molecule has 0 aromatic carbocycles. The van der Waals surface area contributed by atoms with Crippen molar-refractivity contribution in [2.24, 2.45) is 11.8 Å². The van der Waals surface area contributed by atoms with Gasteiger partial charge in [-0.1, -0.05) is 25.5 Å². The van der Waals surface area contributed by atoms with Gasteiger partial charge in [0.1, 0.15) is 0 Å². The van der Waals surface area contributed by atoms with E-state index in [0.717, 1.165) is 25.7 Å². The smallest absolute Gasteiger partial charge is 0.339 e. The Morgan fingerprint density at radius 3 is 2.86 bits per heavy atom. The molecule has 3 rings (SSSR count). The summed E-state index contributed by atoms with van der Waals surface area (Å²) in [4.78, 5) is 24.5. The van der Waals surface area contributed by atoms with Crippen molar-refractivity contribution in [1.29, 1.82) is 0 Å². The Morgan fingerprint density at radius 2 is 2.29 bits per heavy atom. The van der Waals surface area contributed by atoms with Crippen molar-refractivity contribution >= 4 is 11.9 Å². The first-order valence-corrected chi connectivity index (χ1v) is 7.87. The minimum atomic E-state index is -1.27. The molecule has 2 unspecified atom stereocenters. The van der Waals surface area contributed by atoms with E-state index in [1.807, 2.05) is 19.1 Å². The number of allylic oxidation sites excluding steroid dienone is 1. The molecule has 0 saturated carbocycles. The second-order valence-corrected chi connectivity index (χ2v) is 6.60. The van der Waals surface area contributed by atoms with Gasteiger partial charge in [0, 0.05) is 5.92 Å². The summed E-state index contributed by atoms with van der Waals surface area (Å²) in [5, 5.41) is 13.6. The number of fused-ring (bicyclic) bond motifs is 1. The van der Waals surface area contributed by atoms with Crippen molar-refractivity contribution in [3.63, 3.8) is 0 Å². The normalized spacial score (nSPS) is 42.8. The minimum absolute atomic E-state index is 0.105. The number of esters is 1. The van der Waals surface area contributed by atoms with Gasteiger partial charge in [0.25, 0.3) is 0 Å². The summed E-state index contributed by atoms with van der Waals surface area (Å²) >= 11 is 0. The number of ether oxygens (including phenoxy) is 1. The van der Waals surface area contributed by atoms with Crippen molar-refractivity contribution in [3.8, 4) is 0 Å². The first-order valence-electron chi connectivity index (χ1n) is 7.87. The summed E-state index contributed by atoms with van der Waals surface area (Å²) in [6, 6.07) is 0. The predicted molar refractivity (Wildman–Crippen MR) is 76.3 cm³/mol. The van der Waals surface area contributed by atoms with Gasteiger partial charge >= 0.3 is 5.97 Å². The summed E-state index contributed by atoms with van der Waals surface area (Å²) in [7, 11) is 0. The molecule has 0 bridgehead atoms. The lowest BCUT2D eigenvalue weighted by Gasteiger charge is -2.54. The number of hydrogen-bond donors (Lipinski definition) is 2. The molecule has 1 amide bonds. The van der Waals surface area contributed by atoms with Gasteiger partial charge in [0.2, 0.25) is 11.4 Å². The molecule has 116 valence electrons. The zero-order chi connectivity index (χ0) is 15.3. The van der Waals surface area contributed by atoms with E-state index < -0.39 is 23.2 Å². The number of rotatable bonds is 4. The van der Waals surface area contributed by atoms with E-state index in [0.29, 0.717) is 6.42 Å². The third kappa shape index (κ3) is 1.73. The maximum Gasteiger partial charge on any atom is 0.339 e. The SMILES string of the molecule is CCC[C@H]1C(=O)NC2([C@H](O)C3C=CCCC3)C(=O)O[C@@]12C. The molecule has 0 aromatic rings. The molecule has 2 heterocycles. The average Bonchev–Trinajstić information content (AvgIpc) is 2.65. The van der Waals surface area contributed by atoms with E-state index in [1.54, 1.807) is 6.92 Å². The quantitative estimate of drug-likeness (QED) is 0.605. The van der Waals surface area contributed by atoms with Crippen LogP contribution >= 0.6 is 0 Å². The van der Waals surface area contributed by atoms with Gasteiger partial charge in [0.15, 0.2) is 5.60 Å². The number of aliphatic hydroxyl groups excluding tert-OH is 1. The second kappa shape index (κ2) is 4.83. The molecule has 2 aliphatic heterocycles. The van der Waals surface area contributed by atoms with Crippen LogP contribution in [0.3, 0.4) is 0 Å². The van der Waals surface area contributed by atoms with Crippen molar-refractivity contribution in [1.82, 2.24) is 5.32 Å². The molecule has 0 aromatic heterocycles. The Morgan fingerprint density at radius 1 is 1.52 bits per heavy atom. The van der Waals surface area contributed by atoms with Crippen LogP contribution in [0.15, 0.2) is 12.2 Å². The number of hydrogen-bond acceptors (Lipinski definition) is 4. The van der Waals surface area contributed by atoms with Crippen LogP contribution in [-0.4, -0.2) is 34.2 Å². The molecule has 5 atom stereocenters. The fourth-order valence-corrected chi connectivity index (χ4v) is 4.17. The van der Waals surface area contributed by atoms with Crippen molar-refractivity contribution in [3.05, 3.63) is 12.2 Å². The number of nitrogens with one attached hydrogen (secondary N) is 1. The van der Waals surface area contributed by atoms with Crippen LogP contribution in [0.1, 0.15) is 46.0 Å². The molecule has 21 heavy (non-hydrogen) atoms. The Labute approximate surface area is 124 Å². The monoisotopic (exact) mass is 293 g/mol. The molecule has 2 N–H and O–H groups in total. The first kappa shape index (κ1) is 14.6. The van der Waals surface area contributed by atoms with Crippen LogP contribution in [0.25, 0.3) is 0 Å². The summed E-state index contributed by atoms with van der Waals surface area (Å²) in [5.41, 5.74) is -2.20. The molecule has 1 aliphatic carbocycles. The molecular formula is C16H23NO4. The van der Waals surface area contributed by atoms with Gasteiger partial charge in [-0.05, 0) is 32.6 Å². The van der Waals surface area contributed by atoms with Gasteiger partial charge in [-0.2, -0.15) is 0 Å². The zero-order valence-corrected chi connectivity index (χ0v) is 12.6. The summed E-state index contributed by atoms with van der Waals surface area (Å²) in [6.07, 6.45) is 7.40. The summed E-state index contributed by atoms with van der Waals surface area (Å²) < 4.78 is 5.40. The lowest BCUT2D eigenvalue weighted by atomic mass is 9.64. The Kier molecular flexibility index (Phi) is 3.35. The number of carbonyl (C=O) groups excluding carboxylic acids is 2. The fourth-order valence-electron chi connectivity index (χ4n) is 4.17. The average molecular weight is 293 g/mol. The highest BCUT2D eigenvalue weighted by Crippen LogP contribution is 2.53. The van der Waals surface area contributed by atoms with E-state index in [2.05, 4.69) is 5.32 Å². The largest absolute Gasteiger partial charge is 0.453 e. The first-order chi connectivity index (χ1) is 9.97. The van der Waals surface area contributed by atoms with Crippen LogP contribution in [0.4, 0.5) is 0 Å². The van der Waals surface area contributed by atoms with Gasteiger partial charge in [-0.15, -0.1) is 0 Å². The van der Waals surface area contributed by atoms with Gasteiger partial charge < -0.3 is 15.2 Å². The third-order valence-corrected chi connectivity index (χ3v) is 5.43. The van der Waals surface area contributed by atoms with Crippen molar-refractivity contribution in [2.75, 3.05) is 0 Å². The highest BCUT2D eigenvalue weighted by Gasteiger charge is 2.79. The summed E-state index contributed by atoms with van der Waals surface area (Å²) in [6.45, 7) is 3.78. The molecule has 2 fully saturated rings. The van der Waals surface area contributed by atoms with Crippen molar-refractivity contribution in [2.45, 2.75) is 63.2 Å². The highest BCUT2D eigenvalue weighted by molar-refractivity contribution is 6.01. The Balaban J connectivity index is 1.94. The fraction of sp³-hybridized carbons (Fsp3) is 0.750. The number of carbonyl (C=O) groups is 2. The lowest BCUT2D eigenvalue weighted by molar-refractivity contribution is -0.238. The molecule has 5 heteroatoms. The van der Waals surface area contributed by atoms with E-state index in [-0.39, 0.29) is 17.7 Å². The topological polar surface area (TPSA) is 75.6 Å². The van der Waals surface area contributed by atoms with Crippen LogP contribution < -0.4 is 5.32 Å². The Bertz CT molecular complexity index is 503. The highest BCUT2D eigenvalue weighted by atomic mass is 16.6. The maximum atomic E-state index is 12.3. The Hall–Kier alpha value is -1.36. The van der Waals surface area contributed by atoms with Crippen LogP contribution in [-0.2, 0) is 14.3 Å². The van der Waals surface area contributed by atoms with E-state index in [9.17, 15) is 14.7 Å². The van der Waals surface area contributed by atoms with Gasteiger partial charge in [-0.25, -0.2) is 4.79 Å². The van der Waals surface area contributed by atoms with Crippen molar-refractivity contribution < 1.29 is 19.4 Å². The second-order valence-electron chi connectivity index (χ2n) is 6.60. The molecule has 0 spiro atoms. The zero-order valence-electron chi connectivity index (χ0n) is 12.6. The van der Waals surface area contributed by atoms with Crippen LogP contribution in [0.5, 0.6) is 0 Å². The third-order valence-electron chi connectivity index (χ3n) is 5.43. The lowest BCUT2D eigenvalue weighted by Crippen LogP contribution is -2.80. The molecular weight excluding hydrogens is 270 g/mol. The standard InChI is InChI=1S/C16H23NO4/c1-3-7-11-13(19)17-16(14(20)21-15(11,16)2)12(18)10-8-5-4-6-9-10/h5,8,10-12,18H,3-4,6-7,9H2,1-2H3,(H,17,19)/t10?,11-,12+,15-,16?/m0/s1. The van der Waals surface area contributed by atoms with Gasteiger partial charge in [-0.3, -0.25) is 4.79 Å². The van der Waals surface area contributed by atoms with Crippen LogP contribution in [0, 0.1) is 11.8 Å². The molecule has 0 radical (unpaired) electrons. The maximum absolute atomic E-state index is 12.3. The van der Waals surface area contributed by atoms with Crippen LogP contribution in [0.2, 0.25) is 0 Å². The van der Waals surface area contributed by atoms with E-state index in [1.165, 1.54) is 0 Å². The molecule has 3 aliphatic rings. The minimum Gasteiger partial charge on any atom is -0.453 e. The molecule has 5 nitrogen and oxygen atoms in total. The predicted octanol–water partition coefficient (Wildman–Crippen LogP) is 1.30. The number of amides is 1. The number of aliphatic hydroxyl groups is 1. The molecule has 2 saturated heterocycles. The van der Waals surface area contributed by atoms with E-state index >= 15 is 0 Å².